The van der Waals surface area contributed by atoms with Crippen LogP contribution in [0.3, 0.4) is 0 Å². The summed E-state index contributed by atoms with van der Waals surface area (Å²) in [5.41, 5.74) is 15.0. The second-order valence-electron chi connectivity index (χ2n) is 12.3. The Morgan fingerprint density at radius 1 is 0.921 bits per heavy atom. The maximum absolute atomic E-state index is 6.38. The summed E-state index contributed by atoms with van der Waals surface area (Å²) in [7, 11) is 4.09. The highest BCUT2D eigenvalue weighted by Gasteiger charge is 2.37. The first kappa shape index (κ1) is 26.2. The van der Waals surface area contributed by atoms with Crippen LogP contribution in [0, 0.1) is 0 Å². The Kier molecular flexibility index (Phi) is 6.91. The molecule has 5 rings (SSSR count). The van der Waals surface area contributed by atoms with Crippen molar-refractivity contribution in [1.29, 1.82) is 0 Å². The molecule has 2 N–H and O–H groups in total. The molecule has 0 amide bonds. The lowest BCUT2D eigenvalue weighted by molar-refractivity contribution is 0.332. The molecule has 0 bridgehead atoms. The number of benzene rings is 3. The van der Waals surface area contributed by atoms with Crippen LogP contribution in [0.1, 0.15) is 62.8 Å². The zero-order valence-electron chi connectivity index (χ0n) is 23.8. The van der Waals surface area contributed by atoms with Crippen molar-refractivity contribution in [3.8, 4) is 11.4 Å². The standard InChI is InChI=1S/C33H41N5/c1-32(2)16-17-33(3,4)27-20-25(12-14-26(27)32)31-36-28-21-24(30(34)35-18-19-37(5)6)13-15-29(28)38(31)22-23-10-8-7-9-11-23/h7-15,20-21H,16-19,22H2,1-6H3,(H2,34,35). The molecule has 0 aliphatic heterocycles. The van der Waals surface area contributed by atoms with Gasteiger partial charge in [-0.05, 0) is 78.7 Å². The third-order valence-corrected chi connectivity index (χ3v) is 8.17. The average molecular weight is 508 g/mol. The summed E-state index contributed by atoms with van der Waals surface area (Å²) in [6.45, 7) is 11.8. The van der Waals surface area contributed by atoms with Gasteiger partial charge in [0.25, 0.3) is 0 Å². The molecular formula is C33H41N5. The van der Waals surface area contributed by atoms with Gasteiger partial charge in [-0.15, -0.1) is 0 Å². The molecule has 198 valence electrons. The molecule has 0 atom stereocenters. The van der Waals surface area contributed by atoms with Crippen molar-refractivity contribution in [3.05, 3.63) is 89.0 Å². The SMILES string of the molecule is CN(C)CCN=C(N)c1ccc2c(c1)nc(-c1ccc3c(c1)C(C)(C)CCC3(C)C)n2Cc1ccccc1. The average Bonchev–Trinajstić information content (AvgIpc) is 3.24. The molecule has 5 nitrogen and oxygen atoms in total. The molecule has 1 aliphatic rings. The van der Waals surface area contributed by atoms with Crippen LogP contribution in [0.5, 0.6) is 0 Å². The van der Waals surface area contributed by atoms with Crippen LogP contribution < -0.4 is 5.73 Å². The zero-order chi connectivity index (χ0) is 27.1. The van der Waals surface area contributed by atoms with Crippen molar-refractivity contribution >= 4 is 16.9 Å². The molecule has 1 aromatic heterocycles. The van der Waals surface area contributed by atoms with E-state index in [-0.39, 0.29) is 10.8 Å². The number of amidine groups is 1. The van der Waals surface area contributed by atoms with Gasteiger partial charge in [0.1, 0.15) is 11.7 Å². The van der Waals surface area contributed by atoms with Crippen LogP contribution in [-0.2, 0) is 17.4 Å². The highest BCUT2D eigenvalue weighted by molar-refractivity contribution is 6.00. The third kappa shape index (κ3) is 5.12. The molecule has 3 aromatic carbocycles. The lowest BCUT2D eigenvalue weighted by Gasteiger charge is -2.42. The van der Waals surface area contributed by atoms with E-state index in [1.54, 1.807) is 0 Å². The number of nitrogens with zero attached hydrogens (tertiary/aromatic N) is 4. The van der Waals surface area contributed by atoms with Gasteiger partial charge in [-0.2, -0.15) is 0 Å². The normalized spacial score (nSPS) is 16.7. The minimum atomic E-state index is 0.141. The van der Waals surface area contributed by atoms with E-state index in [1.807, 2.05) is 14.1 Å². The van der Waals surface area contributed by atoms with E-state index in [1.165, 1.54) is 29.5 Å². The first-order valence-corrected chi connectivity index (χ1v) is 13.7. The quantitative estimate of drug-likeness (QED) is 0.234. The Labute approximate surface area is 227 Å². The fourth-order valence-electron chi connectivity index (χ4n) is 5.63. The Balaban J connectivity index is 1.63. The molecule has 0 fully saturated rings. The minimum absolute atomic E-state index is 0.141. The fraction of sp³-hybridized carbons (Fsp3) is 0.394. The molecule has 0 saturated heterocycles. The van der Waals surface area contributed by atoms with Crippen LogP contribution in [0.25, 0.3) is 22.4 Å². The molecule has 0 radical (unpaired) electrons. The summed E-state index contributed by atoms with van der Waals surface area (Å²) < 4.78 is 2.34. The summed E-state index contributed by atoms with van der Waals surface area (Å²) >= 11 is 0. The minimum Gasteiger partial charge on any atom is -0.384 e. The zero-order valence-corrected chi connectivity index (χ0v) is 23.8. The first-order chi connectivity index (χ1) is 18.0. The first-order valence-electron chi connectivity index (χ1n) is 13.7. The van der Waals surface area contributed by atoms with Crippen LogP contribution in [-0.4, -0.2) is 47.5 Å². The van der Waals surface area contributed by atoms with Gasteiger partial charge in [0.05, 0.1) is 17.6 Å². The third-order valence-electron chi connectivity index (χ3n) is 8.17. The Morgan fingerprint density at radius 3 is 2.34 bits per heavy atom. The number of hydrogen-bond donors (Lipinski definition) is 1. The molecule has 1 aliphatic carbocycles. The number of fused-ring (bicyclic) bond motifs is 2. The van der Waals surface area contributed by atoms with E-state index in [9.17, 15) is 0 Å². The number of likely N-dealkylation sites (N-methyl/N-ethyl adjacent to an activating group) is 1. The van der Waals surface area contributed by atoms with Crippen molar-refractivity contribution in [3.63, 3.8) is 0 Å². The topological polar surface area (TPSA) is 59.4 Å². The van der Waals surface area contributed by atoms with E-state index in [4.69, 9.17) is 10.7 Å². The van der Waals surface area contributed by atoms with Crippen molar-refractivity contribution in [2.75, 3.05) is 27.2 Å². The summed E-state index contributed by atoms with van der Waals surface area (Å²) in [6.07, 6.45) is 2.39. The number of nitrogens with two attached hydrogens (primary N) is 1. The Hall–Kier alpha value is -3.44. The number of aliphatic imine (C=N–C) groups is 1. The number of rotatable bonds is 7. The van der Waals surface area contributed by atoms with Crippen molar-refractivity contribution < 1.29 is 0 Å². The lowest BCUT2D eigenvalue weighted by atomic mass is 9.63. The number of hydrogen-bond acceptors (Lipinski definition) is 3. The predicted octanol–water partition coefficient (Wildman–Crippen LogP) is 6.37. The Morgan fingerprint density at radius 2 is 1.63 bits per heavy atom. The predicted molar refractivity (Wildman–Crippen MR) is 160 cm³/mol. The molecule has 5 heteroatoms. The Bertz CT molecular complexity index is 1470. The summed E-state index contributed by atoms with van der Waals surface area (Å²) in [5.74, 6) is 1.55. The van der Waals surface area contributed by atoms with Gasteiger partial charge in [-0.25, -0.2) is 4.98 Å². The van der Waals surface area contributed by atoms with Gasteiger partial charge in [0.15, 0.2) is 0 Å². The van der Waals surface area contributed by atoms with E-state index >= 15 is 0 Å². The van der Waals surface area contributed by atoms with Crippen LogP contribution in [0.4, 0.5) is 0 Å². The number of aromatic nitrogens is 2. The van der Waals surface area contributed by atoms with Crippen molar-refractivity contribution in [2.24, 2.45) is 10.7 Å². The fourth-order valence-corrected chi connectivity index (χ4v) is 5.63. The van der Waals surface area contributed by atoms with Gasteiger partial charge in [-0.1, -0.05) is 70.2 Å². The van der Waals surface area contributed by atoms with Gasteiger partial charge in [0, 0.05) is 24.2 Å². The molecule has 4 aromatic rings. The van der Waals surface area contributed by atoms with E-state index in [0.717, 1.165) is 41.1 Å². The summed E-state index contributed by atoms with van der Waals surface area (Å²) in [5, 5.41) is 0. The van der Waals surface area contributed by atoms with Gasteiger partial charge in [-0.3, -0.25) is 4.99 Å². The summed E-state index contributed by atoms with van der Waals surface area (Å²) in [4.78, 5) is 11.9. The molecule has 0 spiro atoms. The van der Waals surface area contributed by atoms with Crippen LogP contribution in [0.2, 0.25) is 0 Å². The smallest absolute Gasteiger partial charge is 0.141 e. The largest absolute Gasteiger partial charge is 0.384 e. The van der Waals surface area contributed by atoms with Gasteiger partial charge in [0.2, 0.25) is 0 Å². The maximum atomic E-state index is 6.38. The second kappa shape index (κ2) is 10.0. The van der Waals surface area contributed by atoms with Crippen molar-refractivity contribution in [1.82, 2.24) is 14.5 Å². The van der Waals surface area contributed by atoms with Crippen LogP contribution in [0.15, 0.2) is 71.7 Å². The monoisotopic (exact) mass is 507 g/mol. The lowest BCUT2D eigenvalue weighted by Crippen LogP contribution is -2.33. The second-order valence-corrected chi connectivity index (χ2v) is 12.3. The maximum Gasteiger partial charge on any atom is 0.141 e. The highest BCUT2D eigenvalue weighted by atomic mass is 15.1. The molecule has 38 heavy (non-hydrogen) atoms. The van der Waals surface area contributed by atoms with Crippen molar-refractivity contribution in [2.45, 2.75) is 57.9 Å². The van der Waals surface area contributed by atoms with Crippen LogP contribution >= 0.6 is 0 Å². The van der Waals surface area contributed by atoms with Gasteiger partial charge >= 0.3 is 0 Å². The molecule has 0 unspecified atom stereocenters. The molecular weight excluding hydrogens is 466 g/mol. The van der Waals surface area contributed by atoms with E-state index in [0.29, 0.717) is 12.4 Å². The highest BCUT2D eigenvalue weighted by Crippen LogP contribution is 2.46. The number of imidazole rings is 1. The van der Waals surface area contributed by atoms with Gasteiger partial charge < -0.3 is 15.2 Å². The molecule has 0 saturated carbocycles. The summed E-state index contributed by atoms with van der Waals surface area (Å²) in [6, 6.07) is 23.9. The van der Waals surface area contributed by atoms with E-state index in [2.05, 4.69) is 109 Å². The van der Waals surface area contributed by atoms with E-state index < -0.39 is 0 Å². The molecule has 1 heterocycles.